The molecular weight excluding hydrogens is 265 g/mol. The van der Waals surface area contributed by atoms with Gasteiger partial charge in [-0.2, -0.15) is 13.2 Å². The molecule has 0 aliphatic heterocycles. The Kier molecular flexibility index (Phi) is 3.56. The summed E-state index contributed by atoms with van der Waals surface area (Å²) >= 11 is 5.47. The predicted octanol–water partition coefficient (Wildman–Crippen LogP) is 2.84. The molecule has 0 fully saturated rings. The highest BCUT2D eigenvalue weighted by atomic mass is 35.5. The highest BCUT2D eigenvalue weighted by Gasteiger charge is 2.34. The van der Waals surface area contributed by atoms with Crippen molar-refractivity contribution in [2.75, 3.05) is 5.32 Å². The molecule has 0 saturated heterocycles. The zero-order valence-corrected chi connectivity index (χ0v) is 8.67. The van der Waals surface area contributed by atoms with E-state index in [-0.39, 0.29) is 6.41 Å². The number of nitrogens with one attached hydrogen (secondary N) is 1. The fourth-order valence-electron chi connectivity index (χ4n) is 1.07. The third-order valence-corrected chi connectivity index (χ3v) is 2.19. The molecule has 0 heterocycles. The Bertz CT molecular complexity index is 476. The summed E-state index contributed by atoms with van der Waals surface area (Å²) < 4.78 is 37.2. The van der Waals surface area contributed by atoms with E-state index in [0.717, 1.165) is 0 Å². The van der Waals surface area contributed by atoms with E-state index in [1.807, 2.05) is 5.32 Å². The van der Waals surface area contributed by atoms with Gasteiger partial charge in [-0.05, 0) is 6.07 Å². The van der Waals surface area contributed by atoms with Gasteiger partial charge in [0.15, 0.2) is 0 Å². The Hall–Kier alpha value is -1.83. The monoisotopic (exact) mass is 268 g/mol. The molecule has 0 aliphatic rings. The highest BCUT2D eigenvalue weighted by molar-refractivity contribution is 6.35. The zero-order valence-electron chi connectivity index (χ0n) is 7.92. The molecule has 0 aliphatic carbocycles. The lowest BCUT2D eigenvalue weighted by Gasteiger charge is -2.10. The molecule has 1 aromatic carbocycles. The maximum Gasteiger partial charge on any atom is 0.416 e. The van der Waals surface area contributed by atoms with Gasteiger partial charge in [-0.25, -0.2) is 0 Å². The van der Waals surface area contributed by atoms with Crippen molar-refractivity contribution in [2.45, 2.75) is 6.18 Å². The molecule has 1 aromatic rings. The van der Waals surface area contributed by atoms with Gasteiger partial charge in [-0.15, -0.1) is 0 Å². The third-order valence-electron chi connectivity index (χ3n) is 1.79. The first kappa shape index (κ1) is 13.2. The number of carbonyl (C=O) groups excluding carboxylic acids is 1. The van der Waals surface area contributed by atoms with E-state index in [1.165, 1.54) is 0 Å². The molecule has 0 bridgehead atoms. The Balaban J connectivity index is 3.47. The van der Waals surface area contributed by atoms with Crippen molar-refractivity contribution in [1.29, 1.82) is 0 Å². The Morgan fingerprint density at radius 3 is 2.41 bits per heavy atom. The largest absolute Gasteiger partial charge is 0.416 e. The third kappa shape index (κ3) is 2.84. The van der Waals surface area contributed by atoms with Crippen molar-refractivity contribution in [3.05, 3.63) is 32.8 Å². The maximum absolute atomic E-state index is 12.4. The smallest absolute Gasteiger partial charge is 0.327 e. The standard InChI is InChI=1S/C8H4ClF3N2O3/c9-7-5(13-3-15)1-4(8(10,11)12)2-6(7)14(16)17/h1-3H,(H,13,15). The lowest BCUT2D eigenvalue weighted by molar-refractivity contribution is -0.384. The summed E-state index contributed by atoms with van der Waals surface area (Å²) in [6.07, 6.45) is -4.69. The Morgan fingerprint density at radius 2 is 2.00 bits per heavy atom. The minimum Gasteiger partial charge on any atom is -0.327 e. The number of benzene rings is 1. The second kappa shape index (κ2) is 4.58. The summed E-state index contributed by atoms with van der Waals surface area (Å²) in [5, 5.41) is 11.8. The summed E-state index contributed by atoms with van der Waals surface area (Å²) in [6.45, 7) is 0. The van der Waals surface area contributed by atoms with E-state index < -0.39 is 33.1 Å². The molecule has 0 spiro atoms. The minimum atomic E-state index is -4.77. The average molecular weight is 269 g/mol. The van der Waals surface area contributed by atoms with Crippen LogP contribution < -0.4 is 5.32 Å². The topological polar surface area (TPSA) is 72.2 Å². The first-order chi connectivity index (χ1) is 7.77. The van der Waals surface area contributed by atoms with Crippen LogP contribution in [0.25, 0.3) is 0 Å². The summed E-state index contributed by atoms with van der Waals surface area (Å²) in [6, 6.07) is 0.821. The number of amides is 1. The Labute approximate surface area is 97.3 Å². The van der Waals surface area contributed by atoms with Crippen LogP contribution in [0.15, 0.2) is 12.1 Å². The second-order valence-electron chi connectivity index (χ2n) is 2.87. The molecule has 0 aromatic heterocycles. The number of hydrogen-bond acceptors (Lipinski definition) is 3. The van der Waals surface area contributed by atoms with Gasteiger partial charge in [-0.3, -0.25) is 14.9 Å². The van der Waals surface area contributed by atoms with E-state index >= 15 is 0 Å². The highest BCUT2D eigenvalue weighted by Crippen LogP contribution is 2.39. The number of alkyl halides is 3. The van der Waals surface area contributed by atoms with Crippen molar-refractivity contribution in [3.63, 3.8) is 0 Å². The molecule has 0 atom stereocenters. The molecule has 0 unspecified atom stereocenters. The number of nitro benzene ring substituents is 1. The first-order valence-corrected chi connectivity index (χ1v) is 4.40. The van der Waals surface area contributed by atoms with Crippen LogP contribution in [0.3, 0.4) is 0 Å². The number of nitrogens with zero attached hydrogens (tertiary/aromatic N) is 1. The molecule has 5 nitrogen and oxygen atoms in total. The fourth-order valence-corrected chi connectivity index (χ4v) is 1.31. The zero-order chi connectivity index (χ0) is 13.2. The molecule has 92 valence electrons. The molecule has 17 heavy (non-hydrogen) atoms. The molecule has 9 heteroatoms. The van der Waals surface area contributed by atoms with Crippen LogP contribution in [0.2, 0.25) is 5.02 Å². The van der Waals surface area contributed by atoms with Crippen LogP contribution >= 0.6 is 11.6 Å². The first-order valence-electron chi connectivity index (χ1n) is 4.02. The van der Waals surface area contributed by atoms with Gasteiger partial charge in [0.1, 0.15) is 5.02 Å². The van der Waals surface area contributed by atoms with Crippen LogP contribution in [-0.2, 0) is 11.0 Å². The summed E-state index contributed by atoms with van der Waals surface area (Å²) in [4.78, 5) is 19.6. The van der Waals surface area contributed by atoms with E-state index in [0.29, 0.717) is 12.1 Å². The van der Waals surface area contributed by atoms with Gasteiger partial charge in [0.25, 0.3) is 5.69 Å². The predicted molar refractivity (Wildman–Crippen MR) is 52.8 cm³/mol. The van der Waals surface area contributed by atoms with E-state index in [9.17, 15) is 28.1 Å². The van der Waals surface area contributed by atoms with Crippen LogP contribution in [-0.4, -0.2) is 11.3 Å². The van der Waals surface area contributed by atoms with Crippen molar-refractivity contribution in [2.24, 2.45) is 0 Å². The summed E-state index contributed by atoms with van der Waals surface area (Å²) in [5.41, 5.74) is -2.66. The van der Waals surface area contributed by atoms with Gasteiger partial charge < -0.3 is 5.32 Å². The molecule has 0 radical (unpaired) electrons. The van der Waals surface area contributed by atoms with Crippen LogP contribution in [0.1, 0.15) is 5.56 Å². The normalized spacial score (nSPS) is 11.1. The number of nitro groups is 1. The van der Waals surface area contributed by atoms with Crippen molar-refractivity contribution in [1.82, 2.24) is 0 Å². The molecule has 1 N–H and O–H groups in total. The van der Waals surface area contributed by atoms with E-state index in [2.05, 4.69) is 0 Å². The molecule has 0 saturated carbocycles. The van der Waals surface area contributed by atoms with Crippen LogP contribution in [0, 0.1) is 10.1 Å². The second-order valence-corrected chi connectivity index (χ2v) is 3.25. The molecule has 1 amide bonds. The van der Waals surface area contributed by atoms with Crippen LogP contribution in [0.5, 0.6) is 0 Å². The van der Waals surface area contributed by atoms with Gasteiger partial charge in [0.05, 0.1) is 16.2 Å². The lowest BCUT2D eigenvalue weighted by atomic mass is 10.1. The number of hydrogen-bond donors (Lipinski definition) is 1. The number of rotatable bonds is 3. The summed E-state index contributed by atoms with van der Waals surface area (Å²) in [5.74, 6) is 0. The lowest BCUT2D eigenvalue weighted by Crippen LogP contribution is -2.08. The summed E-state index contributed by atoms with van der Waals surface area (Å²) in [7, 11) is 0. The quantitative estimate of drug-likeness (QED) is 0.520. The SMILES string of the molecule is O=CNc1cc(C(F)(F)F)cc([N+](=O)[O-])c1Cl. The van der Waals surface area contributed by atoms with Gasteiger partial charge in [0.2, 0.25) is 6.41 Å². The Morgan fingerprint density at radius 1 is 1.41 bits per heavy atom. The number of halogens is 4. The average Bonchev–Trinajstić information content (AvgIpc) is 2.19. The van der Waals surface area contributed by atoms with E-state index in [4.69, 9.17) is 11.6 Å². The van der Waals surface area contributed by atoms with Gasteiger partial charge >= 0.3 is 6.18 Å². The molecular formula is C8H4ClF3N2O3. The van der Waals surface area contributed by atoms with Crippen LogP contribution in [0.4, 0.5) is 24.5 Å². The van der Waals surface area contributed by atoms with Crippen molar-refractivity contribution in [3.8, 4) is 0 Å². The number of carbonyl (C=O) groups is 1. The minimum absolute atomic E-state index is 0.0745. The van der Waals surface area contributed by atoms with Gasteiger partial charge in [-0.1, -0.05) is 11.6 Å². The van der Waals surface area contributed by atoms with Gasteiger partial charge in [0, 0.05) is 6.07 Å². The van der Waals surface area contributed by atoms with E-state index in [1.54, 1.807) is 0 Å². The fraction of sp³-hybridized carbons (Fsp3) is 0.125. The molecule has 1 rings (SSSR count). The maximum atomic E-state index is 12.4. The van der Waals surface area contributed by atoms with Crippen molar-refractivity contribution < 1.29 is 22.9 Å². The van der Waals surface area contributed by atoms with Crippen molar-refractivity contribution >= 4 is 29.4 Å². The number of anilines is 1.